The van der Waals surface area contributed by atoms with Crippen LogP contribution in [0.3, 0.4) is 0 Å². The second-order valence-electron chi connectivity index (χ2n) is 6.47. The maximum Gasteiger partial charge on any atom is 0.335 e. The molecule has 1 aliphatic rings. The van der Waals surface area contributed by atoms with Crippen LogP contribution in [0.4, 0.5) is 11.4 Å². The van der Waals surface area contributed by atoms with E-state index in [4.69, 9.17) is 11.6 Å². The summed E-state index contributed by atoms with van der Waals surface area (Å²) < 4.78 is 28.2. The minimum Gasteiger partial charge on any atom is -0.478 e. The number of carboxylic acids is 1. The van der Waals surface area contributed by atoms with Gasteiger partial charge in [-0.15, -0.1) is 0 Å². The summed E-state index contributed by atoms with van der Waals surface area (Å²) >= 11 is 6.04. The van der Waals surface area contributed by atoms with Crippen LogP contribution in [-0.2, 0) is 10.0 Å². The molecule has 0 radical (unpaired) electrons. The number of halogens is 1. The van der Waals surface area contributed by atoms with Gasteiger partial charge in [0.05, 0.1) is 22.0 Å². The van der Waals surface area contributed by atoms with Crippen molar-refractivity contribution in [3.8, 4) is 0 Å². The van der Waals surface area contributed by atoms with E-state index in [9.17, 15) is 18.3 Å². The summed E-state index contributed by atoms with van der Waals surface area (Å²) in [6.45, 7) is 1.60. The van der Waals surface area contributed by atoms with Crippen molar-refractivity contribution in [2.75, 3.05) is 22.7 Å². The number of anilines is 2. The van der Waals surface area contributed by atoms with Crippen molar-refractivity contribution in [1.82, 2.24) is 0 Å². The lowest BCUT2D eigenvalue weighted by Gasteiger charge is -2.26. The molecule has 0 bridgehead atoms. The summed E-state index contributed by atoms with van der Waals surface area (Å²) in [5, 5.41) is 9.41. The summed E-state index contributed by atoms with van der Waals surface area (Å²) in [5.41, 5.74) is 0.944. The van der Waals surface area contributed by atoms with Crippen LogP contribution in [0.2, 0.25) is 5.02 Å². The normalized spacial score (nSPS) is 15.2. The Kier molecular flexibility index (Phi) is 5.92. The predicted molar refractivity (Wildman–Crippen MR) is 106 cm³/mol. The SMILES string of the molecule is O=C(O)c1ccc(N2CCCCCC2)c(NS(=O)(=O)c2ccccc2Cl)c1. The van der Waals surface area contributed by atoms with E-state index in [-0.39, 0.29) is 21.2 Å². The van der Waals surface area contributed by atoms with E-state index in [2.05, 4.69) is 9.62 Å². The number of hydrogen-bond donors (Lipinski definition) is 2. The molecule has 0 saturated carbocycles. The molecular weight excluding hydrogens is 388 g/mol. The zero-order valence-corrected chi connectivity index (χ0v) is 16.3. The first-order chi connectivity index (χ1) is 12.9. The quantitative estimate of drug-likeness (QED) is 0.773. The van der Waals surface area contributed by atoms with Gasteiger partial charge in [-0.1, -0.05) is 36.6 Å². The number of aromatic carboxylic acids is 1. The molecule has 0 aromatic heterocycles. The van der Waals surface area contributed by atoms with Gasteiger partial charge in [0.15, 0.2) is 0 Å². The van der Waals surface area contributed by atoms with Gasteiger partial charge in [0.2, 0.25) is 0 Å². The van der Waals surface area contributed by atoms with Crippen LogP contribution in [0.25, 0.3) is 0 Å². The van der Waals surface area contributed by atoms with Crippen molar-refractivity contribution in [2.24, 2.45) is 0 Å². The highest BCUT2D eigenvalue weighted by atomic mass is 35.5. The Morgan fingerprint density at radius 2 is 1.70 bits per heavy atom. The maximum atomic E-state index is 12.8. The Morgan fingerprint density at radius 3 is 2.33 bits per heavy atom. The Bertz CT molecular complexity index is 938. The first-order valence-corrected chi connectivity index (χ1v) is 10.6. The summed E-state index contributed by atoms with van der Waals surface area (Å²) in [7, 11) is -3.96. The van der Waals surface area contributed by atoms with Gasteiger partial charge in [-0.3, -0.25) is 4.72 Å². The lowest BCUT2D eigenvalue weighted by molar-refractivity contribution is 0.0697. The van der Waals surface area contributed by atoms with Crippen molar-refractivity contribution >= 4 is 39.0 Å². The third-order valence-electron chi connectivity index (χ3n) is 4.56. The fraction of sp³-hybridized carbons (Fsp3) is 0.316. The van der Waals surface area contributed by atoms with E-state index < -0.39 is 16.0 Å². The highest BCUT2D eigenvalue weighted by Crippen LogP contribution is 2.32. The molecule has 1 heterocycles. The van der Waals surface area contributed by atoms with Crippen molar-refractivity contribution in [3.05, 3.63) is 53.1 Å². The molecule has 0 spiro atoms. The number of benzene rings is 2. The van der Waals surface area contributed by atoms with Crippen LogP contribution >= 0.6 is 11.6 Å². The molecule has 144 valence electrons. The Balaban J connectivity index is 2.02. The monoisotopic (exact) mass is 408 g/mol. The molecule has 0 atom stereocenters. The van der Waals surface area contributed by atoms with Gasteiger partial charge in [0, 0.05) is 13.1 Å². The standard InChI is InChI=1S/C19H21ClN2O4S/c20-15-7-3-4-8-18(15)27(25,26)21-16-13-14(19(23)24)9-10-17(16)22-11-5-1-2-6-12-22/h3-4,7-10,13,21H,1-2,5-6,11-12H2,(H,23,24). The van der Waals surface area contributed by atoms with Gasteiger partial charge in [-0.25, -0.2) is 13.2 Å². The Morgan fingerprint density at radius 1 is 1.04 bits per heavy atom. The molecular formula is C19H21ClN2O4S. The Labute approximate surface area is 163 Å². The topological polar surface area (TPSA) is 86.7 Å². The van der Waals surface area contributed by atoms with Gasteiger partial charge >= 0.3 is 5.97 Å². The van der Waals surface area contributed by atoms with Crippen LogP contribution in [0, 0.1) is 0 Å². The smallest absolute Gasteiger partial charge is 0.335 e. The van der Waals surface area contributed by atoms with E-state index in [1.54, 1.807) is 18.2 Å². The third-order valence-corrected chi connectivity index (χ3v) is 6.43. The largest absolute Gasteiger partial charge is 0.478 e. The lowest BCUT2D eigenvalue weighted by Crippen LogP contribution is -2.26. The van der Waals surface area contributed by atoms with Gasteiger partial charge < -0.3 is 10.0 Å². The molecule has 2 aromatic rings. The fourth-order valence-corrected chi connectivity index (χ4v) is 4.79. The van der Waals surface area contributed by atoms with Gasteiger partial charge in [0.1, 0.15) is 4.90 Å². The van der Waals surface area contributed by atoms with E-state index in [0.717, 1.165) is 38.8 Å². The molecule has 8 heteroatoms. The number of nitrogens with zero attached hydrogens (tertiary/aromatic N) is 1. The van der Waals surface area contributed by atoms with E-state index in [0.29, 0.717) is 5.69 Å². The van der Waals surface area contributed by atoms with Crippen LogP contribution in [0.1, 0.15) is 36.0 Å². The van der Waals surface area contributed by atoms with E-state index in [1.807, 2.05) is 0 Å². The van der Waals surface area contributed by atoms with Crippen molar-refractivity contribution in [1.29, 1.82) is 0 Å². The van der Waals surface area contributed by atoms with Crippen LogP contribution in [-0.4, -0.2) is 32.6 Å². The summed E-state index contributed by atoms with van der Waals surface area (Å²) in [5.74, 6) is -1.12. The van der Waals surface area contributed by atoms with Gasteiger partial charge in [-0.05, 0) is 43.2 Å². The minimum atomic E-state index is -3.96. The lowest BCUT2D eigenvalue weighted by atomic mass is 10.1. The molecule has 27 heavy (non-hydrogen) atoms. The third kappa shape index (κ3) is 4.54. The van der Waals surface area contributed by atoms with Gasteiger partial charge in [-0.2, -0.15) is 0 Å². The first kappa shape index (κ1) is 19.5. The number of rotatable bonds is 5. The Hall–Kier alpha value is -2.25. The first-order valence-electron chi connectivity index (χ1n) is 8.78. The molecule has 2 N–H and O–H groups in total. The number of carboxylic acid groups (broad SMARTS) is 1. The average molecular weight is 409 g/mol. The number of carbonyl (C=O) groups is 1. The van der Waals surface area contributed by atoms with Crippen LogP contribution in [0.5, 0.6) is 0 Å². The molecule has 0 unspecified atom stereocenters. The van der Waals surface area contributed by atoms with Crippen molar-refractivity contribution in [2.45, 2.75) is 30.6 Å². The van der Waals surface area contributed by atoms with E-state index in [1.165, 1.54) is 24.3 Å². The maximum absolute atomic E-state index is 12.8. The van der Waals surface area contributed by atoms with E-state index >= 15 is 0 Å². The highest BCUT2D eigenvalue weighted by molar-refractivity contribution is 7.92. The summed E-state index contributed by atoms with van der Waals surface area (Å²) in [4.78, 5) is 13.4. The molecule has 0 amide bonds. The average Bonchev–Trinajstić information content (AvgIpc) is 2.90. The molecule has 0 aliphatic carbocycles. The predicted octanol–water partition coefficient (Wildman–Crippen LogP) is 4.22. The molecule has 3 rings (SSSR count). The highest BCUT2D eigenvalue weighted by Gasteiger charge is 2.22. The zero-order valence-electron chi connectivity index (χ0n) is 14.7. The molecule has 1 fully saturated rings. The molecule has 2 aromatic carbocycles. The second kappa shape index (κ2) is 8.19. The molecule has 6 nitrogen and oxygen atoms in total. The molecule has 1 saturated heterocycles. The molecule has 1 aliphatic heterocycles. The van der Waals surface area contributed by atoms with Crippen LogP contribution in [0.15, 0.2) is 47.4 Å². The number of sulfonamides is 1. The zero-order chi connectivity index (χ0) is 19.4. The van der Waals surface area contributed by atoms with Gasteiger partial charge in [0.25, 0.3) is 10.0 Å². The second-order valence-corrected chi connectivity index (χ2v) is 8.53. The number of nitrogens with one attached hydrogen (secondary N) is 1. The summed E-state index contributed by atoms with van der Waals surface area (Å²) in [6.07, 6.45) is 4.28. The van der Waals surface area contributed by atoms with Crippen LogP contribution < -0.4 is 9.62 Å². The minimum absolute atomic E-state index is 0.0189. The number of hydrogen-bond acceptors (Lipinski definition) is 4. The van der Waals surface area contributed by atoms with Crippen molar-refractivity contribution < 1.29 is 18.3 Å². The fourth-order valence-electron chi connectivity index (χ4n) is 3.20. The van der Waals surface area contributed by atoms with Crippen molar-refractivity contribution in [3.63, 3.8) is 0 Å². The summed E-state index contributed by atoms with van der Waals surface area (Å²) in [6, 6.07) is 10.7.